The number of hydrogen-bond acceptors (Lipinski definition) is 6. The molecule has 0 spiro atoms. The molecular weight excluding hydrogens is 395 g/mol. The van der Waals surface area contributed by atoms with Crippen molar-refractivity contribution in [1.82, 2.24) is 20.1 Å². The largest absolute Gasteiger partial charge is 0.467 e. The van der Waals surface area contributed by atoms with Crippen molar-refractivity contribution in [2.45, 2.75) is 20.5 Å². The molecule has 29 heavy (non-hydrogen) atoms. The fourth-order valence-corrected chi connectivity index (χ4v) is 2.88. The molecule has 4 rings (SSSR count). The highest BCUT2D eigenvalue weighted by molar-refractivity contribution is 6.30. The van der Waals surface area contributed by atoms with Gasteiger partial charge in [-0.25, -0.2) is 9.37 Å². The molecule has 2 aromatic carbocycles. The topological polar surface area (TPSA) is 73.9 Å². The van der Waals surface area contributed by atoms with Crippen molar-refractivity contribution in [3.05, 3.63) is 76.5 Å². The minimum atomic E-state index is -0.370. The van der Waals surface area contributed by atoms with E-state index in [1.807, 2.05) is 26.0 Å². The molecule has 0 aliphatic heterocycles. The number of benzene rings is 2. The summed E-state index contributed by atoms with van der Waals surface area (Å²) in [6, 6.07) is 13.3. The van der Waals surface area contributed by atoms with E-state index in [-0.39, 0.29) is 18.3 Å². The molecule has 0 radical (unpaired) electrons. The Morgan fingerprint density at radius 3 is 2.48 bits per heavy atom. The molecule has 0 bridgehead atoms. The number of rotatable bonds is 5. The summed E-state index contributed by atoms with van der Waals surface area (Å²) in [5, 5.41) is 4.47. The highest BCUT2D eigenvalue weighted by atomic mass is 35.5. The van der Waals surface area contributed by atoms with Crippen molar-refractivity contribution in [3.63, 3.8) is 0 Å². The van der Waals surface area contributed by atoms with Crippen LogP contribution in [0, 0.1) is 19.7 Å². The lowest BCUT2D eigenvalue weighted by Crippen LogP contribution is -2.04. The van der Waals surface area contributed by atoms with Crippen molar-refractivity contribution in [2.75, 3.05) is 0 Å². The SMILES string of the molecule is Cc1nc(-c2cccc(Cl)c2)nc(OCc2nc(-c3cccc(F)c3)no2)c1C. The van der Waals surface area contributed by atoms with Gasteiger partial charge < -0.3 is 9.26 Å². The van der Waals surface area contributed by atoms with Gasteiger partial charge in [0.2, 0.25) is 11.7 Å². The van der Waals surface area contributed by atoms with Crippen molar-refractivity contribution in [2.24, 2.45) is 0 Å². The summed E-state index contributed by atoms with van der Waals surface area (Å²) in [7, 11) is 0. The van der Waals surface area contributed by atoms with E-state index < -0.39 is 0 Å². The van der Waals surface area contributed by atoms with Gasteiger partial charge in [0.15, 0.2) is 12.4 Å². The van der Waals surface area contributed by atoms with Gasteiger partial charge >= 0.3 is 0 Å². The van der Waals surface area contributed by atoms with E-state index in [2.05, 4.69) is 20.1 Å². The second-order valence-electron chi connectivity index (χ2n) is 6.38. The summed E-state index contributed by atoms with van der Waals surface area (Å²) in [6.07, 6.45) is 0. The Morgan fingerprint density at radius 1 is 0.966 bits per heavy atom. The highest BCUT2D eigenvalue weighted by Crippen LogP contribution is 2.26. The Morgan fingerprint density at radius 2 is 1.72 bits per heavy atom. The van der Waals surface area contributed by atoms with Gasteiger partial charge in [-0.3, -0.25) is 0 Å². The molecule has 2 heterocycles. The van der Waals surface area contributed by atoms with Gasteiger partial charge in [-0.1, -0.05) is 41.0 Å². The van der Waals surface area contributed by atoms with Gasteiger partial charge in [0, 0.05) is 27.4 Å². The van der Waals surface area contributed by atoms with Gasteiger partial charge in [-0.2, -0.15) is 9.97 Å². The Labute approximate surface area is 171 Å². The molecule has 0 fully saturated rings. The lowest BCUT2D eigenvalue weighted by Gasteiger charge is -2.10. The fourth-order valence-electron chi connectivity index (χ4n) is 2.69. The molecule has 0 saturated heterocycles. The molecular formula is C21H16ClFN4O2. The molecule has 0 unspecified atom stereocenters. The second kappa shape index (κ2) is 7.97. The third-order valence-electron chi connectivity index (χ3n) is 4.31. The molecule has 2 aromatic heterocycles. The van der Waals surface area contributed by atoms with Crippen LogP contribution in [-0.2, 0) is 6.61 Å². The van der Waals surface area contributed by atoms with Crippen molar-refractivity contribution in [3.8, 4) is 28.7 Å². The Bertz CT molecular complexity index is 1180. The molecule has 146 valence electrons. The van der Waals surface area contributed by atoms with E-state index in [1.165, 1.54) is 12.1 Å². The lowest BCUT2D eigenvalue weighted by molar-refractivity contribution is 0.234. The van der Waals surface area contributed by atoms with Crippen LogP contribution in [0.5, 0.6) is 5.88 Å². The summed E-state index contributed by atoms with van der Waals surface area (Å²) in [5.74, 6) is 1.10. The summed E-state index contributed by atoms with van der Waals surface area (Å²) in [5.41, 5.74) is 2.91. The first kappa shape index (κ1) is 19.0. The number of nitrogens with zero attached hydrogens (tertiary/aromatic N) is 4. The standard InChI is InChI=1S/C21H16ClFN4O2/c1-12-13(2)24-19(14-5-3-7-16(22)9-14)26-21(12)28-11-18-25-20(27-29-18)15-6-4-8-17(23)10-15/h3-10H,11H2,1-2H3. The summed E-state index contributed by atoms with van der Waals surface area (Å²) in [6.45, 7) is 3.78. The van der Waals surface area contributed by atoms with Crippen molar-refractivity contribution < 1.29 is 13.7 Å². The van der Waals surface area contributed by atoms with Crippen LogP contribution in [0.3, 0.4) is 0 Å². The van der Waals surface area contributed by atoms with Crippen LogP contribution in [0.1, 0.15) is 17.1 Å². The van der Waals surface area contributed by atoms with Gasteiger partial charge in [-0.15, -0.1) is 0 Å². The zero-order chi connectivity index (χ0) is 20.4. The summed E-state index contributed by atoms with van der Waals surface area (Å²) >= 11 is 6.07. The fraction of sp³-hybridized carbons (Fsp3) is 0.143. The van der Waals surface area contributed by atoms with E-state index in [1.54, 1.807) is 24.3 Å². The first-order valence-corrected chi connectivity index (χ1v) is 9.20. The van der Waals surface area contributed by atoms with Crippen LogP contribution in [0.4, 0.5) is 4.39 Å². The highest BCUT2D eigenvalue weighted by Gasteiger charge is 2.14. The van der Waals surface area contributed by atoms with Gasteiger partial charge in [-0.05, 0) is 38.1 Å². The Hall–Kier alpha value is -3.32. The van der Waals surface area contributed by atoms with Crippen LogP contribution in [0.15, 0.2) is 53.1 Å². The third-order valence-corrected chi connectivity index (χ3v) is 4.55. The third kappa shape index (κ3) is 4.25. The van der Waals surface area contributed by atoms with E-state index in [9.17, 15) is 4.39 Å². The molecule has 8 heteroatoms. The quantitative estimate of drug-likeness (QED) is 0.451. The molecule has 0 amide bonds. The summed E-state index contributed by atoms with van der Waals surface area (Å²) in [4.78, 5) is 13.3. The minimum Gasteiger partial charge on any atom is -0.467 e. The van der Waals surface area contributed by atoms with E-state index in [4.69, 9.17) is 20.9 Å². The molecule has 6 nitrogen and oxygen atoms in total. The van der Waals surface area contributed by atoms with Crippen LogP contribution >= 0.6 is 11.6 Å². The average Bonchev–Trinajstić information content (AvgIpc) is 3.18. The molecule has 0 aliphatic rings. The van der Waals surface area contributed by atoms with Crippen LogP contribution < -0.4 is 4.74 Å². The van der Waals surface area contributed by atoms with Crippen LogP contribution in [-0.4, -0.2) is 20.1 Å². The zero-order valence-corrected chi connectivity index (χ0v) is 16.4. The Balaban J connectivity index is 1.56. The van der Waals surface area contributed by atoms with Crippen LogP contribution in [0.25, 0.3) is 22.8 Å². The minimum absolute atomic E-state index is 0.0224. The lowest BCUT2D eigenvalue weighted by atomic mass is 10.2. The van der Waals surface area contributed by atoms with Crippen molar-refractivity contribution in [1.29, 1.82) is 0 Å². The molecule has 4 aromatic rings. The maximum Gasteiger partial charge on any atom is 0.264 e. The normalized spacial score (nSPS) is 10.9. The number of aryl methyl sites for hydroxylation is 1. The average molecular weight is 411 g/mol. The van der Waals surface area contributed by atoms with Crippen LogP contribution in [0.2, 0.25) is 5.02 Å². The van der Waals surface area contributed by atoms with E-state index in [0.29, 0.717) is 28.1 Å². The monoisotopic (exact) mass is 410 g/mol. The predicted octanol–water partition coefficient (Wildman–Crippen LogP) is 5.18. The van der Waals surface area contributed by atoms with Crippen molar-refractivity contribution >= 4 is 11.6 Å². The number of hydrogen-bond donors (Lipinski definition) is 0. The molecule has 0 atom stereocenters. The smallest absolute Gasteiger partial charge is 0.264 e. The molecule has 0 N–H and O–H groups in total. The molecule has 0 saturated carbocycles. The molecule has 0 aliphatic carbocycles. The Kier molecular flexibility index (Phi) is 5.22. The first-order chi connectivity index (χ1) is 14.0. The summed E-state index contributed by atoms with van der Waals surface area (Å²) < 4.78 is 24.4. The predicted molar refractivity (Wildman–Crippen MR) is 106 cm³/mol. The second-order valence-corrected chi connectivity index (χ2v) is 6.82. The first-order valence-electron chi connectivity index (χ1n) is 8.82. The maximum atomic E-state index is 13.4. The van der Waals surface area contributed by atoms with Gasteiger partial charge in [0.25, 0.3) is 5.89 Å². The van der Waals surface area contributed by atoms with Gasteiger partial charge in [0.1, 0.15) is 5.82 Å². The van der Waals surface area contributed by atoms with Gasteiger partial charge in [0.05, 0.1) is 0 Å². The number of aromatic nitrogens is 4. The van der Waals surface area contributed by atoms with E-state index >= 15 is 0 Å². The maximum absolute atomic E-state index is 13.4. The number of ether oxygens (including phenoxy) is 1. The number of halogens is 2. The van der Waals surface area contributed by atoms with E-state index in [0.717, 1.165) is 16.8 Å². The zero-order valence-electron chi connectivity index (χ0n) is 15.7.